The summed E-state index contributed by atoms with van der Waals surface area (Å²) in [7, 11) is 1.65. The van der Waals surface area contributed by atoms with Crippen molar-refractivity contribution >= 4 is 34.4 Å². The first-order chi connectivity index (χ1) is 13.7. The van der Waals surface area contributed by atoms with Gasteiger partial charge in [0.1, 0.15) is 0 Å². The smallest absolute Gasteiger partial charge is 0.251 e. The molecule has 3 rings (SSSR count). The summed E-state index contributed by atoms with van der Waals surface area (Å²) in [4.78, 5) is 31.8. The largest absolute Gasteiger partial charge is 0.355 e. The van der Waals surface area contributed by atoms with Crippen LogP contribution in [0.15, 0.2) is 40.5 Å². The van der Waals surface area contributed by atoms with Gasteiger partial charge in [0.2, 0.25) is 5.91 Å². The van der Waals surface area contributed by atoms with Gasteiger partial charge in [-0.15, -0.1) is 0 Å². The van der Waals surface area contributed by atoms with Crippen molar-refractivity contribution in [2.75, 3.05) is 24.7 Å². The number of carbonyl (C=O) groups excluding carboxylic acids is 2. The zero-order chi connectivity index (χ0) is 21.2. The second kappa shape index (κ2) is 8.61. The molecule has 2 N–H and O–H groups in total. The SMILES string of the molecule is CNC(=O)C1=C(C)N=C2SCCCN2C1c1ccc(NC(=O)CC(C)(C)C)cc1. The first kappa shape index (κ1) is 21.4. The minimum Gasteiger partial charge on any atom is -0.355 e. The molecule has 0 saturated carbocycles. The molecule has 0 radical (unpaired) electrons. The normalized spacial score (nSPS) is 19.4. The minimum absolute atomic E-state index is 0.00607. The van der Waals surface area contributed by atoms with Crippen LogP contribution < -0.4 is 10.6 Å². The number of likely N-dealkylation sites (N-methyl/N-ethyl adjacent to an activating group) is 1. The van der Waals surface area contributed by atoms with Crippen molar-refractivity contribution < 1.29 is 9.59 Å². The average Bonchev–Trinajstić information content (AvgIpc) is 2.65. The molecule has 0 aliphatic carbocycles. The van der Waals surface area contributed by atoms with E-state index in [1.54, 1.807) is 18.8 Å². The molecule has 1 aromatic rings. The average molecular weight is 415 g/mol. The molecule has 0 bridgehead atoms. The number of thioether (sulfide) groups is 1. The Kier molecular flexibility index (Phi) is 6.36. The lowest BCUT2D eigenvalue weighted by Gasteiger charge is -2.40. The molecular formula is C22H30N4O2S. The number of fused-ring (bicyclic) bond motifs is 1. The zero-order valence-electron chi connectivity index (χ0n) is 17.8. The number of amidine groups is 1. The molecule has 1 atom stereocenters. The molecule has 2 aliphatic heterocycles. The molecule has 1 aromatic carbocycles. The Bertz CT molecular complexity index is 853. The van der Waals surface area contributed by atoms with Crippen molar-refractivity contribution in [1.82, 2.24) is 10.2 Å². The van der Waals surface area contributed by atoms with Gasteiger partial charge in [0.15, 0.2) is 5.17 Å². The third-order valence-electron chi connectivity index (χ3n) is 4.93. The van der Waals surface area contributed by atoms with Crippen LogP contribution in [0.3, 0.4) is 0 Å². The number of amides is 2. The lowest BCUT2D eigenvalue weighted by Crippen LogP contribution is -2.43. The van der Waals surface area contributed by atoms with Gasteiger partial charge >= 0.3 is 0 Å². The Hall–Kier alpha value is -2.28. The molecule has 1 fully saturated rings. The van der Waals surface area contributed by atoms with Gasteiger partial charge in [-0.05, 0) is 36.5 Å². The van der Waals surface area contributed by atoms with Gasteiger partial charge in [-0.1, -0.05) is 44.7 Å². The molecule has 1 unspecified atom stereocenters. The lowest BCUT2D eigenvalue weighted by atomic mass is 9.92. The Labute approximate surface area is 177 Å². The maximum absolute atomic E-state index is 12.7. The van der Waals surface area contributed by atoms with Gasteiger partial charge in [-0.25, -0.2) is 4.99 Å². The van der Waals surface area contributed by atoms with Crippen molar-refractivity contribution in [1.29, 1.82) is 0 Å². The fourth-order valence-corrected chi connectivity index (χ4v) is 4.70. The monoisotopic (exact) mass is 414 g/mol. The number of hydrogen-bond acceptors (Lipinski definition) is 5. The van der Waals surface area contributed by atoms with E-state index in [4.69, 9.17) is 0 Å². The number of allylic oxidation sites excluding steroid dienone is 1. The molecule has 2 heterocycles. The summed E-state index contributed by atoms with van der Waals surface area (Å²) in [6.07, 6.45) is 1.52. The van der Waals surface area contributed by atoms with Crippen molar-refractivity contribution in [3.63, 3.8) is 0 Å². The van der Waals surface area contributed by atoms with Gasteiger partial charge < -0.3 is 15.5 Å². The summed E-state index contributed by atoms with van der Waals surface area (Å²) in [6, 6.07) is 7.64. The van der Waals surface area contributed by atoms with Crippen molar-refractivity contribution in [2.45, 2.75) is 46.6 Å². The van der Waals surface area contributed by atoms with Gasteiger partial charge in [0, 0.05) is 31.5 Å². The molecule has 0 aromatic heterocycles. The second-order valence-electron chi connectivity index (χ2n) is 8.68. The highest BCUT2D eigenvalue weighted by Crippen LogP contribution is 2.39. The standard InChI is InChI=1S/C22H30N4O2S/c1-14-18(20(28)23-5)19(26-11-6-12-29-21(26)24-14)15-7-9-16(10-8-15)25-17(27)13-22(2,3)4/h7-10,19H,6,11-13H2,1-5H3,(H,23,28)(H,25,27). The molecule has 7 heteroatoms. The maximum atomic E-state index is 12.7. The van der Waals surface area contributed by atoms with E-state index in [1.165, 1.54) is 0 Å². The number of aliphatic imine (C=N–C) groups is 1. The second-order valence-corrected chi connectivity index (χ2v) is 9.74. The lowest BCUT2D eigenvalue weighted by molar-refractivity contribution is -0.118. The Morgan fingerprint density at radius 3 is 2.55 bits per heavy atom. The third-order valence-corrected chi connectivity index (χ3v) is 6.01. The van der Waals surface area contributed by atoms with Crippen LogP contribution in [-0.2, 0) is 9.59 Å². The predicted octanol–water partition coefficient (Wildman–Crippen LogP) is 3.93. The molecule has 156 valence electrons. The number of benzene rings is 1. The highest BCUT2D eigenvalue weighted by Gasteiger charge is 2.36. The molecular weight excluding hydrogens is 384 g/mol. The minimum atomic E-state index is -0.172. The van der Waals surface area contributed by atoms with Crippen molar-refractivity contribution in [3.05, 3.63) is 41.1 Å². The Morgan fingerprint density at radius 1 is 1.24 bits per heavy atom. The van der Waals surface area contributed by atoms with Gasteiger partial charge in [0.25, 0.3) is 5.91 Å². The molecule has 2 amide bonds. The van der Waals surface area contributed by atoms with E-state index in [-0.39, 0.29) is 23.3 Å². The van der Waals surface area contributed by atoms with Crippen molar-refractivity contribution in [3.8, 4) is 0 Å². The van der Waals surface area contributed by atoms with Crippen LogP contribution in [0.2, 0.25) is 0 Å². The van der Waals surface area contributed by atoms with Gasteiger partial charge in [0.05, 0.1) is 17.3 Å². The number of anilines is 1. The predicted molar refractivity (Wildman–Crippen MR) is 120 cm³/mol. The highest BCUT2D eigenvalue weighted by molar-refractivity contribution is 8.13. The number of nitrogens with one attached hydrogen (secondary N) is 2. The van der Waals surface area contributed by atoms with E-state index in [9.17, 15) is 9.59 Å². The van der Waals surface area contributed by atoms with Gasteiger partial charge in [-0.3, -0.25) is 9.59 Å². The molecule has 1 saturated heterocycles. The van der Waals surface area contributed by atoms with Crippen molar-refractivity contribution in [2.24, 2.45) is 10.4 Å². The van der Waals surface area contributed by atoms with Gasteiger partial charge in [-0.2, -0.15) is 0 Å². The Balaban J connectivity index is 1.88. The summed E-state index contributed by atoms with van der Waals surface area (Å²) >= 11 is 1.74. The summed E-state index contributed by atoms with van der Waals surface area (Å²) in [5.74, 6) is 0.948. The van der Waals surface area contributed by atoms with Crippen LogP contribution in [0.25, 0.3) is 0 Å². The van der Waals surface area contributed by atoms with Crippen LogP contribution >= 0.6 is 11.8 Å². The van der Waals surface area contributed by atoms with E-state index in [0.717, 1.165) is 40.8 Å². The fourth-order valence-electron chi connectivity index (χ4n) is 3.68. The molecule has 29 heavy (non-hydrogen) atoms. The van der Waals surface area contributed by atoms with E-state index in [1.807, 2.05) is 52.0 Å². The van der Waals surface area contributed by atoms with Crippen LogP contribution in [-0.4, -0.2) is 41.2 Å². The van der Waals surface area contributed by atoms with E-state index in [2.05, 4.69) is 20.5 Å². The number of rotatable bonds is 4. The summed E-state index contributed by atoms with van der Waals surface area (Å²) in [6.45, 7) is 8.91. The van der Waals surface area contributed by atoms with E-state index in [0.29, 0.717) is 12.0 Å². The van der Waals surface area contributed by atoms with Crippen LogP contribution in [0.4, 0.5) is 5.69 Å². The summed E-state index contributed by atoms with van der Waals surface area (Å²) in [5.41, 5.74) is 3.17. The fraction of sp³-hybridized carbons (Fsp3) is 0.500. The quantitative estimate of drug-likeness (QED) is 0.783. The highest BCUT2D eigenvalue weighted by atomic mass is 32.2. The van der Waals surface area contributed by atoms with Crippen LogP contribution in [0.5, 0.6) is 0 Å². The number of nitrogens with zero attached hydrogens (tertiary/aromatic N) is 2. The van der Waals surface area contributed by atoms with E-state index >= 15 is 0 Å². The van der Waals surface area contributed by atoms with Crippen LogP contribution in [0.1, 0.15) is 52.1 Å². The summed E-state index contributed by atoms with van der Waals surface area (Å²) in [5, 5.41) is 6.71. The molecule has 2 aliphatic rings. The Morgan fingerprint density at radius 2 is 1.93 bits per heavy atom. The zero-order valence-corrected chi connectivity index (χ0v) is 18.7. The van der Waals surface area contributed by atoms with Crippen LogP contribution in [0, 0.1) is 5.41 Å². The van der Waals surface area contributed by atoms with E-state index < -0.39 is 0 Å². The number of hydrogen-bond donors (Lipinski definition) is 2. The number of carbonyl (C=O) groups is 2. The third kappa shape index (κ3) is 5.01. The molecule has 6 nitrogen and oxygen atoms in total. The first-order valence-corrected chi connectivity index (χ1v) is 11.0. The topological polar surface area (TPSA) is 73.8 Å². The first-order valence-electron chi connectivity index (χ1n) is 10.0. The molecule has 0 spiro atoms. The maximum Gasteiger partial charge on any atom is 0.251 e. The summed E-state index contributed by atoms with van der Waals surface area (Å²) < 4.78 is 0.